The van der Waals surface area contributed by atoms with Crippen LogP contribution in [0.1, 0.15) is 61.1 Å². The van der Waals surface area contributed by atoms with Gasteiger partial charge in [0.1, 0.15) is 12.2 Å². The fourth-order valence-corrected chi connectivity index (χ4v) is 6.33. The number of carbonyl (C=O) groups is 2. The molecule has 0 saturated heterocycles. The van der Waals surface area contributed by atoms with Gasteiger partial charge in [-0.15, -0.1) is 0 Å². The maximum absolute atomic E-state index is 13.7. The molecule has 0 spiro atoms. The minimum absolute atomic E-state index is 0.0492. The van der Waals surface area contributed by atoms with Gasteiger partial charge in [-0.05, 0) is 42.2 Å². The van der Waals surface area contributed by atoms with E-state index >= 15 is 0 Å². The van der Waals surface area contributed by atoms with E-state index in [1.807, 2.05) is 0 Å². The second-order valence-corrected chi connectivity index (χ2v) is 10.9. The Kier molecular flexibility index (Phi) is 8.78. The Hall–Kier alpha value is -3.34. The zero-order valence-electron chi connectivity index (χ0n) is 22.8. The van der Waals surface area contributed by atoms with Gasteiger partial charge in [0.25, 0.3) is 0 Å². The highest BCUT2D eigenvalue weighted by Crippen LogP contribution is 2.51. The topological polar surface area (TPSA) is 142 Å². The number of furan rings is 1. The zero-order valence-corrected chi connectivity index (χ0v) is 22.8. The summed E-state index contributed by atoms with van der Waals surface area (Å²) in [6.45, 7) is -0.226. The van der Waals surface area contributed by atoms with Gasteiger partial charge in [0.05, 0.1) is 44.8 Å². The van der Waals surface area contributed by atoms with Crippen molar-refractivity contribution in [2.75, 3.05) is 20.3 Å². The number of nitrogens with zero attached hydrogens (tertiary/aromatic N) is 1. The normalized spacial score (nSPS) is 23.6. The molecule has 4 N–H and O–H groups in total. The number of ether oxygens (including phenoxy) is 2. The summed E-state index contributed by atoms with van der Waals surface area (Å²) in [5.74, 6) is 0.105. The van der Waals surface area contributed by atoms with Crippen molar-refractivity contribution < 1.29 is 38.8 Å². The number of methoxy groups -OCH3 is 1. The molecule has 3 aliphatic rings. The summed E-state index contributed by atoms with van der Waals surface area (Å²) < 4.78 is 17.1. The Morgan fingerprint density at radius 2 is 1.98 bits per heavy atom. The van der Waals surface area contributed by atoms with Gasteiger partial charge in [-0.1, -0.05) is 25.7 Å². The van der Waals surface area contributed by atoms with Gasteiger partial charge in [0.15, 0.2) is 11.5 Å². The molecular weight excluding hydrogens is 516 g/mol. The second-order valence-electron chi connectivity index (χ2n) is 10.9. The summed E-state index contributed by atoms with van der Waals surface area (Å²) in [6.07, 6.45) is 8.49. The van der Waals surface area contributed by atoms with Crippen molar-refractivity contribution in [2.24, 2.45) is 5.92 Å². The molecule has 2 aliphatic carbocycles. The molecular formula is C30H38N2O8. The SMILES string of the molecule is COc1cc(CO)cc2c1O[C@@H]1[C@@H](O)[C@H](N(Cc3ccoc3)C(=O)CCC3CCCC3)C=C(C(=O)NCCO)[C@H]21. The summed E-state index contributed by atoms with van der Waals surface area (Å²) in [5.41, 5.74) is 2.29. The summed E-state index contributed by atoms with van der Waals surface area (Å²) in [7, 11) is 1.49. The van der Waals surface area contributed by atoms with Crippen molar-refractivity contribution in [3.8, 4) is 11.5 Å². The first-order chi connectivity index (χ1) is 19.4. The van der Waals surface area contributed by atoms with Crippen molar-refractivity contribution in [1.82, 2.24) is 10.2 Å². The Balaban J connectivity index is 1.53. The lowest BCUT2D eigenvalue weighted by molar-refractivity contribution is -0.138. The summed E-state index contributed by atoms with van der Waals surface area (Å²) in [4.78, 5) is 28.8. The van der Waals surface area contributed by atoms with Gasteiger partial charge in [-0.3, -0.25) is 9.59 Å². The maximum Gasteiger partial charge on any atom is 0.247 e. The lowest BCUT2D eigenvalue weighted by atomic mass is 9.77. The first-order valence-corrected chi connectivity index (χ1v) is 14.0. The molecule has 1 fully saturated rings. The van der Waals surface area contributed by atoms with Crippen LogP contribution in [-0.4, -0.2) is 70.5 Å². The van der Waals surface area contributed by atoms with E-state index in [-0.39, 0.29) is 32.2 Å². The van der Waals surface area contributed by atoms with Gasteiger partial charge >= 0.3 is 0 Å². The van der Waals surface area contributed by atoms with E-state index < -0.39 is 30.1 Å². The fraction of sp³-hybridized carbons (Fsp3) is 0.533. The van der Waals surface area contributed by atoms with Crippen LogP contribution in [0.5, 0.6) is 11.5 Å². The third kappa shape index (κ3) is 5.61. The van der Waals surface area contributed by atoms with Crippen LogP contribution >= 0.6 is 0 Å². The number of fused-ring (bicyclic) bond motifs is 3. The van der Waals surface area contributed by atoms with Gasteiger partial charge < -0.3 is 39.4 Å². The van der Waals surface area contributed by atoms with Crippen LogP contribution in [0.2, 0.25) is 0 Å². The monoisotopic (exact) mass is 554 g/mol. The number of hydrogen-bond donors (Lipinski definition) is 4. The highest BCUT2D eigenvalue weighted by atomic mass is 16.5. The number of aliphatic hydroxyl groups is 3. The number of carbonyl (C=O) groups excluding carboxylic acids is 2. The quantitative estimate of drug-likeness (QED) is 0.332. The Morgan fingerprint density at radius 1 is 1.18 bits per heavy atom. The summed E-state index contributed by atoms with van der Waals surface area (Å²) >= 11 is 0. The minimum atomic E-state index is -1.16. The van der Waals surface area contributed by atoms with Crippen LogP contribution < -0.4 is 14.8 Å². The first-order valence-electron chi connectivity index (χ1n) is 14.0. The average molecular weight is 555 g/mol. The van der Waals surface area contributed by atoms with Crippen LogP contribution in [-0.2, 0) is 22.7 Å². The van der Waals surface area contributed by atoms with Crippen LogP contribution in [0.4, 0.5) is 0 Å². The van der Waals surface area contributed by atoms with Gasteiger partial charge in [-0.25, -0.2) is 0 Å². The van der Waals surface area contributed by atoms with Crippen LogP contribution in [0.25, 0.3) is 0 Å². The lowest BCUT2D eigenvalue weighted by Gasteiger charge is -2.40. The lowest BCUT2D eigenvalue weighted by Crippen LogP contribution is -2.55. The van der Waals surface area contributed by atoms with Crippen LogP contribution in [0.15, 0.2) is 46.8 Å². The smallest absolute Gasteiger partial charge is 0.247 e. The van der Waals surface area contributed by atoms with Crippen molar-refractivity contribution in [3.63, 3.8) is 0 Å². The molecule has 5 rings (SSSR count). The highest BCUT2D eigenvalue weighted by molar-refractivity contribution is 5.96. The van der Waals surface area contributed by atoms with Crippen molar-refractivity contribution >= 4 is 11.8 Å². The molecule has 1 saturated carbocycles. The van der Waals surface area contributed by atoms with Crippen molar-refractivity contribution in [3.05, 3.63) is 59.1 Å². The number of benzene rings is 1. The standard InChI is InChI=1S/C30H38N2O8/c1-38-24-13-20(16-34)12-21-26-22(30(37)31-9-10-33)14-23(27(36)29(26)40-28(21)24)32(15-19-8-11-39-17-19)25(35)7-6-18-4-2-3-5-18/h8,11-14,17-18,23,26-27,29,33-34,36H,2-7,9-10,15-16H2,1H3,(H,31,37)/t23-,26+,27+,29+/m1/s1. The molecule has 2 aromatic rings. The zero-order chi connectivity index (χ0) is 28.2. The van der Waals surface area contributed by atoms with E-state index in [0.29, 0.717) is 40.5 Å². The van der Waals surface area contributed by atoms with E-state index in [1.165, 1.54) is 26.2 Å². The van der Waals surface area contributed by atoms with Gasteiger partial charge in [-0.2, -0.15) is 0 Å². The number of amides is 2. The largest absolute Gasteiger partial charge is 0.493 e. The van der Waals surface area contributed by atoms with E-state index in [0.717, 1.165) is 24.8 Å². The van der Waals surface area contributed by atoms with Crippen molar-refractivity contribution in [1.29, 1.82) is 0 Å². The van der Waals surface area contributed by atoms with E-state index in [2.05, 4.69) is 5.32 Å². The first kappa shape index (κ1) is 28.2. The molecule has 10 nitrogen and oxygen atoms in total. The second kappa shape index (κ2) is 12.4. The van der Waals surface area contributed by atoms with Crippen molar-refractivity contribution in [2.45, 2.75) is 75.8 Å². The highest BCUT2D eigenvalue weighted by Gasteiger charge is 2.51. The molecule has 1 aliphatic heterocycles. The third-order valence-corrected chi connectivity index (χ3v) is 8.35. The van der Waals surface area contributed by atoms with Gasteiger partial charge in [0.2, 0.25) is 11.8 Å². The molecule has 2 amide bonds. The molecule has 40 heavy (non-hydrogen) atoms. The molecule has 1 aromatic carbocycles. The number of hydrogen-bond acceptors (Lipinski definition) is 8. The van der Waals surface area contributed by atoms with Crippen LogP contribution in [0.3, 0.4) is 0 Å². The van der Waals surface area contributed by atoms with E-state index in [9.17, 15) is 24.9 Å². The molecule has 0 radical (unpaired) electrons. The third-order valence-electron chi connectivity index (χ3n) is 8.35. The minimum Gasteiger partial charge on any atom is -0.493 e. The maximum atomic E-state index is 13.7. The van der Waals surface area contributed by atoms with E-state index in [1.54, 1.807) is 35.4 Å². The average Bonchev–Trinajstić information content (AvgIpc) is 3.75. The molecule has 2 heterocycles. The molecule has 216 valence electrons. The number of rotatable bonds is 11. The summed E-state index contributed by atoms with van der Waals surface area (Å²) in [6, 6.07) is 4.34. The predicted octanol–water partition coefficient (Wildman–Crippen LogP) is 2.40. The Morgan fingerprint density at radius 3 is 2.65 bits per heavy atom. The van der Waals surface area contributed by atoms with Gasteiger partial charge in [0, 0.05) is 36.2 Å². The number of nitrogens with one attached hydrogen (secondary N) is 1. The molecule has 10 heteroatoms. The molecule has 0 unspecified atom stereocenters. The predicted molar refractivity (Wildman–Crippen MR) is 144 cm³/mol. The number of aliphatic hydroxyl groups excluding tert-OH is 3. The molecule has 1 aromatic heterocycles. The fourth-order valence-electron chi connectivity index (χ4n) is 6.33. The molecule has 4 atom stereocenters. The molecule has 0 bridgehead atoms. The Labute approximate surface area is 233 Å². The van der Waals surface area contributed by atoms with E-state index in [4.69, 9.17) is 13.9 Å². The van der Waals surface area contributed by atoms with Crippen LogP contribution in [0, 0.1) is 5.92 Å². The summed E-state index contributed by atoms with van der Waals surface area (Å²) in [5, 5.41) is 33.7. The Bertz CT molecular complexity index is 1220.